The molecule has 0 spiro atoms. The molecule has 152 valence electrons. The summed E-state index contributed by atoms with van der Waals surface area (Å²) in [5, 5.41) is 5.35. The molecule has 7 nitrogen and oxygen atoms in total. The molecule has 1 amide bonds. The van der Waals surface area contributed by atoms with E-state index in [1.54, 1.807) is 36.5 Å². The van der Waals surface area contributed by atoms with Crippen molar-refractivity contribution in [2.45, 2.75) is 6.54 Å². The van der Waals surface area contributed by atoms with Crippen LogP contribution in [0.4, 0.5) is 14.5 Å². The molecular weight excluding hydrogens is 394 g/mol. The fraction of sp³-hybridized carbons (Fsp3) is 0.0952. The highest BCUT2D eigenvalue weighted by atomic mass is 19.1. The van der Waals surface area contributed by atoms with Crippen LogP contribution >= 0.6 is 0 Å². The Balaban J connectivity index is 1.56. The molecule has 9 heteroatoms. The Morgan fingerprint density at radius 1 is 1.03 bits per heavy atom. The Morgan fingerprint density at radius 2 is 1.83 bits per heavy atom. The summed E-state index contributed by atoms with van der Waals surface area (Å²) < 4.78 is 37.6. The number of guanidine groups is 1. The summed E-state index contributed by atoms with van der Waals surface area (Å²) in [6, 6.07) is 13.0. The van der Waals surface area contributed by atoms with Gasteiger partial charge in [0.25, 0.3) is 5.91 Å². The predicted octanol–water partition coefficient (Wildman–Crippen LogP) is 3.49. The van der Waals surface area contributed by atoms with Crippen molar-refractivity contribution in [1.82, 2.24) is 10.3 Å². The summed E-state index contributed by atoms with van der Waals surface area (Å²) in [4.78, 5) is 21.2. The number of hydrogen-bond donors (Lipinski definition) is 2. The van der Waals surface area contributed by atoms with E-state index in [9.17, 15) is 13.6 Å². The van der Waals surface area contributed by atoms with Gasteiger partial charge in [-0.05, 0) is 42.5 Å². The van der Waals surface area contributed by atoms with Crippen molar-refractivity contribution in [3.8, 4) is 11.5 Å². The number of anilines is 1. The van der Waals surface area contributed by atoms with Crippen molar-refractivity contribution in [2.24, 2.45) is 4.99 Å². The first-order chi connectivity index (χ1) is 14.6. The molecule has 2 aromatic carbocycles. The molecule has 2 heterocycles. The Kier molecular flexibility index (Phi) is 5.51. The summed E-state index contributed by atoms with van der Waals surface area (Å²) in [7, 11) is 0. The van der Waals surface area contributed by atoms with Crippen LogP contribution in [0.25, 0.3) is 0 Å². The fourth-order valence-electron chi connectivity index (χ4n) is 2.74. The van der Waals surface area contributed by atoms with E-state index >= 15 is 0 Å². The standard InChI is InChI=1S/C21H16F2N4O3/c22-14-8-15(23)10-17(9-14)26-21(25-11-16-3-1-2-6-24-16)27-20(28)13-4-5-18-19(7-13)30-12-29-18/h1-10H,11-12H2,(H2,25,26,27,28). The van der Waals surface area contributed by atoms with Gasteiger partial charge < -0.3 is 14.8 Å². The zero-order chi connectivity index (χ0) is 20.9. The van der Waals surface area contributed by atoms with Crippen LogP contribution in [0.1, 0.15) is 16.1 Å². The first kappa shape index (κ1) is 19.3. The minimum absolute atomic E-state index is 0.00770. The second kappa shape index (κ2) is 8.56. The molecule has 0 saturated carbocycles. The lowest BCUT2D eigenvalue weighted by Gasteiger charge is -2.12. The molecule has 1 aliphatic rings. The lowest BCUT2D eigenvalue weighted by molar-refractivity contribution is 0.0976. The monoisotopic (exact) mass is 410 g/mol. The first-order valence-electron chi connectivity index (χ1n) is 8.95. The maximum atomic E-state index is 13.5. The lowest BCUT2D eigenvalue weighted by Crippen LogP contribution is -2.36. The smallest absolute Gasteiger partial charge is 0.258 e. The largest absolute Gasteiger partial charge is 0.454 e. The topological polar surface area (TPSA) is 84.8 Å². The van der Waals surface area contributed by atoms with Crippen molar-refractivity contribution < 1.29 is 23.0 Å². The first-order valence-corrected chi connectivity index (χ1v) is 8.95. The van der Waals surface area contributed by atoms with E-state index in [1.165, 1.54) is 6.07 Å². The van der Waals surface area contributed by atoms with Crippen molar-refractivity contribution in [2.75, 3.05) is 12.1 Å². The molecule has 0 radical (unpaired) electrons. The van der Waals surface area contributed by atoms with E-state index in [0.29, 0.717) is 22.8 Å². The van der Waals surface area contributed by atoms with Crippen LogP contribution in [0.5, 0.6) is 11.5 Å². The molecule has 0 bridgehead atoms. The summed E-state index contributed by atoms with van der Waals surface area (Å²) in [6.45, 7) is 0.228. The minimum Gasteiger partial charge on any atom is -0.454 e. The van der Waals surface area contributed by atoms with Crippen LogP contribution in [0, 0.1) is 11.6 Å². The second-order valence-electron chi connectivity index (χ2n) is 6.29. The Hall–Kier alpha value is -4.01. The zero-order valence-electron chi connectivity index (χ0n) is 15.6. The van der Waals surface area contributed by atoms with Gasteiger partial charge in [-0.2, -0.15) is 0 Å². The minimum atomic E-state index is -0.760. The third-order valence-corrected chi connectivity index (χ3v) is 4.12. The average molecular weight is 410 g/mol. The zero-order valence-corrected chi connectivity index (χ0v) is 15.6. The highest BCUT2D eigenvalue weighted by molar-refractivity contribution is 6.10. The molecule has 1 aliphatic heterocycles. The molecule has 2 N–H and O–H groups in total. The van der Waals surface area contributed by atoms with Gasteiger partial charge >= 0.3 is 0 Å². The van der Waals surface area contributed by atoms with Crippen molar-refractivity contribution in [3.63, 3.8) is 0 Å². The number of hydrogen-bond acceptors (Lipinski definition) is 5. The number of nitrogens with zero attached hydrogens (tertiary/aromatic N) is 2. The van der Waals surface area contributed by atoms with Crippen molar-refractivity contribution in [3.05, 3.63) is 83.7 Å². The summed E-state index contributed by atoms with van der Waals surface area (Å²) >= 11 is 0. The van der Waals surface area contributed by atoms with E-state index in [-0.39, 0.29) is 25.0 Å². The van der Waals surface area contributed by atoms with Gasteiger partial charge in [0, 0.05) is 23.5 Å². The van der Waals surface area contributed by atoms with E-state index in [4.69, 9.17) is 9.47 Å². The third-order valence-electron chi connectivity index (χ3n) is 4.12. The highest BCUT2D eigenvalue weighted by Gasteiger charge is 2.17. The van der Waals surface area contributed by atoms with Crippen molar-refractivity contribution in [1.29, 1.82) is 0 Å². The molecule has 1 aromatic heterocycles. The molecule has 4 rings (SSSR count). The van der Waals surface area contributed by atoms with Gasteiger partial charge in [0.1, 0.15) is 11.6 Å². The Morgan fingerprint density at radius 3 is 2.60 bits per heavy atom. The molecule has 0 aliphatic carbocycles. The van der Waals surface area contributed by atoms with Crippen LogP contribution in [0.15, 0.2) is 65.8 Å². The van der Waals surface area contributed by atoms with Crippen LogP contribution < -0.4 is 20.1 Å². The van der Waals surface area contributed by atoms with E-state index < -0.39 is 17.5 Å². The fourth-order valence-corrected chi connectivity index (χ4v) is 2.74. The van der Waals surface area contributed by atoms with Gasteiger partial charge in [0.05, 0.1) is 12.2 Å². The molecule has 0 unspecified atom stereocenters. The number of carbonyl (C=O) groups excluding carboxylic acids is 1. The van der Waals surface area contributed by atoms with Gasteiger partial charge in [-0.1, -0.05) is 6.07 Å². The maximum absolute atomic E-state index is 13.5. The number of aliphatic imine (C=N–C) groups is 1. The summed E-state index contributed by atoms with van der Waals surface area (Å²) in [6.07, 6.45) is 1.62. The van der Waals surface area contributed by atoms with E-state index in [2.05, 4.69) is 20.6 Å². The number of ether oxygens (including phenoxy) is 2. The van der Waals surface area contributed by atoms with Crippen LogP contribution in [-0.2, 0) is 6.54 Å². The van der Waals surface area contributed by atoms with Gasteiger partial charge in [0.15, 0.2) is 11.5 Å². The van der Waals surface area contributed by atoms with E-state index in [1.807, 2.05) is 0 Å². The van der Waals surface area contributed by atoms with Crippen LogP contribution in [-0.4, -0.2) is 23.6 Å². The third kappa shape index (κ3) is 4.69. The summed E-state index contributed by atoms with van der Waals surface area (Å²) in [5.41, 5.74) is 1.05. The second-order valence-corrected chi connectivity index (χ2v) is 6.29. The van der Waals surface area contributed by atoms with E-state index in [0.717, 1.165) is 18.2 Å². The quantitative estimate of drug-likeness (QED) is 0.508. The molecular formula is C21H16F2N4O3. The lowest BCUT2D eigenvalue weighted by atomic mass is 10.2. The summed E-state index contributed by atoms with van der Waals surface area (Å²) in [5.74, 6) is -1.00. The maximum Gasteiger partial charge on any atom is 0.258 e. The SMILES string of the molecule is O=C(NC(=NCc1ccccn1)Nc1cc(F)cc(F)c1)c1ccc2c(c1)OCO2. The predicted molar refractivity (Wildman–Crippen MR) is 105 cm³/mol. The number of rotatable bonds is 4. The highest BCUT2D eigenvalue weighted by Crippen LogP contribution is 2.32. The number of carbonyl (C=O) groups is 1. The molecule has 3 aromatic rings. The Labute approximate surface area is 170 Å². The number of fused-ring (bicyclic) bond motifs is 1. The molecule has 30 heavy (non-hydrogen) atoms. The number of amides is 1. The molecule has 0 saturated heterocycles. The number of pyridine rings is 1. The number of halogens is 2. The van der Waals surface area contributed by atoms with Gasteiger partial charge in [-0.3, -0.25) is 15.1 Å². The molecule has 0 atom stereocenters. The number of nitrogens with one attached hydrogen (secondary N) is 2. The Bertz CT molecular complexity index is 1090. The van der Waals surface area contributed by atoms with Crippen molar-refractivity contribution >= 4 is 17.6 Å². The van der Waals surface area contributed by atoms with Gasteiger partial charge in [0.2, 0.25) is 12.8 Å². The number of benzene rings is 2. The van der Waals surface area contributed by atoms with Gasteiger partial charge in [-0.15, -0.1) is 0 Å². The average Bonchev–Trinajstić information content (AvgIpc) is 3.20. The van der Waals surface area contributed by atoms with Crippen LogP contribution in [0.2, 0.25) is 0 Å². The van der Waals surface area contributed by atoms with Crippen LogP contribution in [0.3, 0.4) is 0 Å². The number of aromatic nitrogens is 1. The molecule has 0 fully saturated rings. The van der Waals surface area contributed by atoms with Gasteiger partial charge in [-0.25, -0.2) is 13.8 Å². The normalized spacial score (nSPS) is 12.5.